The molecule has 0 fully saturated rings. The van der Waals surface area contributed by atoms with Gasteiger partial charge in [-0.3, -0.25) is 4.79 Å². The second-order valence-corrected chi connectivity index (χ2v) is 6.32. The van der Waals surface area contributed by atoms with Crippen LogP contribution in [0.2, 0.25) is 0 Å². The summed E-state index contributed by atoms with van der Waals surface area (Å²) in [4.78, 5) is 14.7. The van der Waals surface area contributed by atoms with Gasteiger partial charge in [0.15, 0.2) is 5.69 Å². The molecule has 3 rings (SSSR count). The van der Waals surface area contributed by atoms with Crippen LogP contribution in [-0.2, 0) is 0 Å². The molecule has 1 unspecified atom stereocenters. The van der Waals surface area contributed by atoms with Crippen LogP contribution in [0.1, 0.15) is 22.1 Å². The maximum atomic E-state index is 13.0. The molecule has 3 aromatic rings. The number of likely N-dealkylation sites (N-methyl/N-ethyl adjacent to an activating group) is 1. The van der Waals surface area contributed by atoms with E-state index < -0.39 is 0 Å². The van der Waals surface area contributed by atoms with Gasteiger partial charge in [-0.25, -0.2) is 9.07 Å². The SMILES string of the molecule is CN(C)CC(NC(=O)c1ccn(-c2ccc(F)cc2)n1)c1ccccc1. The zero-order valence-corrected chi connectivity index (χ0v) is 14.8. The topological polar surface area (TPSA) is 50.2 Å². The Morgan fingerprint density at radius 2 is 1.81 bits per heavy atom. The van der Waals surface area contributed by atoms with Crippen LogP contribution in [-0.4, -0.2) is 41.2 Å². The van der Waals surface area contributed by atoms with Gasteiger partial charge in [0.05, 0.1) is 11.7 Å². The smallest absolute Gasteiger partial charge is 0.272 e. The average Bonchev–Trinajstić information content (AvgIpc) is 3.12. The number of carbonyl (C=O) groups is 1. The Hall–Kier alpha value is -2.99. The van der Waals surface area contributed by atoms with Gasteiger partial charge in [-0.05, 0) is 50.0 Å². The van der Waals surface area contributed by atoms with E-state index in [0.29, 0.717) is 17.9 Å². The predicted octanol–water partition coefficient (Wildman–Crippen LogP) is 3.04. The van der Waals surface area contributed by atoms with Crippen LogP contribution in [0.5, 0.6) is 0 Å². The van der Waals surface area contributed by atoms with Crippen molar-refractivity contribution < 1.29 is 9.18 Å². The molecule has 0 saturated carbocycles. The molecule has 0 radical (unpaired) electrons. The number of aromatic nitrogens is 2. The number of hydrogen-bond donors (Lipinski definition) is 1. The zero-order chi connectivity index (χ0) is 18.5. The highest BCUT2D eigenvalue weighted by molar-refractivity contribution is 5.92. The van der Waals surface area contributed by atoms with E-state index in [1.54, 1.807) is 29.1 Å². The van der Waals surface area contributed by atoms with E-state index in [2.05, 4.69) is 10.4 Å². The molecule has 1 aromatic heterocycles. The van der Waals surface area contributed by atoms with Crippen LogP contribution >= 0.6 is 0 Å². The first kappa shape index (κ1) is 17.8. The third-order valence-corrected chi connectivity index (χ3v) is 3.97. The largest absolute Gasteiger partial charge is 0.343 e. The Labute approximate surface area is 152 Å². The minimum Gasteiger partial charge on any atom is -0.343 e. The summed E-state index contributed by atoms with van der Waals surface area (Å²) in [6, 6.07) is 17.3. The monoisotopic (exact) mass is 352 g/mol. The summed E-state index contributed by atoms with van der Waals surface area (Å²) >= 11 is 0. The van der Waals surface area contributed by atoms with Crippen molar-refractivity contribution in [1.29, 1.82) is 0 Å². The summed E-state index contributed by atoms with van der Waals surface area (Å²) in [6.07, 6.45) is 1.69. The van der Waals surface area contributed by atoms with Crippen LogP contribution in [0.25, 0.3) is 5.69 Å². The highest BCUT2D eigenvalue weighted by Gasteiger charge is 2.18. The van der Waals surface area contributed by atoms with Crippen LogP contribution < -0.4 is 5.32 Å². The summed E-state index contributed by atoms with van der Waals surface area (Å²) in [6.45, 7) is 0.675. The normalized spacial score (nSPS) is 12.2. The first-order valence-corrected chi connectivity index (χ1v) is 8.35. The van der Waals surface area contributed by atoms with E-state index in [-0.39, 0.29) is 17.8 Å². The molecule has 0 aliphatic rings. The van der Waals surface area contributed by atoms with Gasteiger partial charge in [0.25, 0.3) is 5.91 Å². The molecule has 1 atom stereocenters. The minimum absolute atomic E-state index is 0.144. The summed E-state index contributed by atoms with van der Waals surface area (Å²) in [5, 5.41) is 7.34. The molecular formula is C20H21FN4O. The number of rotatable bonds is 6. The quantitative estimate of drug-likeness (QED) is 0.742. The fourth-order valence-electron chi connectivity index (χ4n) is 2.70. The van der Waals surface area contributed by atoms with E-state index >= 15 is 0 Å². The molecule has 5 nitrogen and oxygen atoms in total. The molecule has 1 heterocycles. The summed E-state index contributed by atoms with van der Waals surface area (Å²) < 4.78 is 14.6. The van der Waals surface area contributed by atoms with Crippen LogP contribution in [0.3, 0.4) is 0 Å². The Morgan fingerprint density at radius 1 is 1.12 bits per heavy atom. The Bertz CT molecular complexity index is 859. The number of halogens is 1. The lowest BCUT2D eigenvalue weighted by atomic mass is 10.1. The van der Waals surface area contributed by atoms with Crippen molar-refractivity contribution in [2.24, 2.45) is 0 Å². The molecule has 2 aromatic carbocycles. The molecule has 134 valence electrons. The van der Waals surface area contributed by atoms with Gasteiger partial charge in [0.2, 0.25) is 0 Å². The second-order valence-electron chi connectivity index (χ2n) is 6.32. The van der Waals surface area contributed by atoms with Crippen LogP contribution in [0, 0.1) is 5.82 Å². The third-order valence-electron chi connectivity index (χ3n) is 3.97. The molecule has 26 heavy (non-hydrogen) atoms. The maximum absolute atomic E-state index is 13.0. The van der Waals surface area contributed by atoms with Gasteiger partial charge in [0.1, 0.15) is 5.82 Å². The number of nitrogens with zero attached hydrogens (tertiary/aromatic N) is 3. The van der Waals surface area contributed by atoms with E-state index in [1.165, 1.54) is 12.1 Å². The molecule has 1 N–H and O–H groups in total. The molecule has 0 aliphatic carbocycles. The highest BCUT2D eigenvalue weighted by atomic mass is 19.1. The Morgan fingerprint density at radius 3 is 2.46 bits per heavy atom. The van der Waals surface area contributed by atoms with Gasteiger partial charge in [-0.2, -0.15) is 5.10 Å². The number of carbonyl (C=O) groups excluding carboxylic acids is 1. The van der Waals surface area contributed by atoms with Gasteiger partial charge in [-0.15, -0.1) is 0 Å². The lowest BCUT2D eigenvalue weighted by molar-refractivity contribution is 0.0924. The van der Waals surface area contributed by atoms with Crippen molar-refractivity contribution in [3.8, 4) is 5.69 Å². The molecule has 0 saturated heterocycles. The third kappa shape index (κ3) is 4.34. The van der Waals surface area contributed by atoms with E-state index in [9.17, 15) is 9.18 Å². The predicted molar refractivity (Wildman–Crippen MR) is 98.7 cm³/mol. The van der Waals surface area contributed by atoms with Crippen molar-refractivity contribution in [3.05, 3.63) is 83.9 Å². The minimum atomic E-state index is -0.312. The number of amides is 1. The van der Waals surface area contributed by atoms with Crippen molar-refractivity contribution in [3.63, 3.8) is 0 Å². The molecule has 0 aliphatic heterocycles. The molecule has 0 spiro atoms. The molecular weight excluding hydrogens is 331 g/mol. The molecule has 0 bridgehead atoms. The lowest BCUT2D eigenvalue weighted by Crippen LogP contribution is -2.35. The van der Waals surface area contributed by atoms with Crippen LogP contribution in [0.15, 0.2) is 66.9 Å². The summed E-state index contributed by atoms with van der Waals surface area (Å²) in [5.74, 6) is -0.560. The fraction of sp³-hybridized carbons (Fsp3) is 0.200. The Balaban J connectivity index is 1.76. The van der Waals surface area contributed by atoms with E-state index in [1.807, 2.05) is 49.3 Å². The standard InChI is InChI=1S/C20H21FN4O/c1-24(2)14-19(15-6-4-3-5-7-15)22-20(26)18-12-13-25(23-18)17-10-8-16(21)9-11-17/h3-13,19H,14H2,1-2H3,(H,22,26). The molecule has 6 heteroatoms. The average molecular weight is 352 g/mol. The molecule has 1 amide bonds. The maximum Gasteiger partial charge on any atom is 0.272 e. The summed E-state index contributed by atoms with van der Waals surface area (Å²) in [5.41, 5.74) is 2.04. The number of hydrogen-bond acceptors (Lipinski definition) is 3. The van der Waals surface area contributed by atoms with Crippen molar-refractivity contribution in [2.75, 3.05) is 20.6 Å². The lowest BCUT2D eigenvalue weighted by Gasteiger charge is -2.22. The fourth-order valence-corrected chi connectivity index (χ4v) is 2.70. The van der Waals surface area contributed by atoms with E-state index in [0.717, 1.165) is 5.56 Å². The Kier molecular flexibility index (Phi) is 5.43. The zero-order valence-electron chi connectivity index (χ0n) is 14.8. The van der Waals surface area contributed by atoms with Crippen LogP contribution in [0.4, 0.5) is 4.39 Å². The van der Waals surface area contributed by atoms with E-state index in [4.69, 9.17) is 0 Å². The number of nitrogens with one attached hydrogen (secondary N) is 1. The van der Waals surface area contributed by atoms with Gasteiger partial charge >= 0.3 is 0 Å². The van der Waals surface area contributed by atoms with Crippen molar-refractivity contribution in [1.82, 2.24) is 20.0 Å². The van der Waals surface area contributed by atoms with Crippen molar-refractivity contribution in [2.45, 2.75) is 6.04 Å². The van der Waals surface area contributed by atoms with Crippen molar-refractivity contribution >= 4 is 5.91 Å². The number of benzene rings is 2. The van der Waals surface area contributed by atoms with Gasteiger partial charge in [0, 0.05) is 12.7 Å². The first-order valence-electron chi connectivity index (χ1n) is 8.35. The van der Waals surface area contributed by atoms with Gasteiger partial charge < -0.3 is 10.2 Å². The second kappa shape index (κ2) is 7.93. The summed E-state index contributed by atoms with van der Waals surface area (Å²) in [7, 11) is 3.93. The highest BCUT2D eigenvalue weighted by Crippen LogP contribution is 2.15. The first-order chi connectivity index (χ1) is 12.5. The van der Waals surface area contributed by atoms with Gasteiger partial charge in [-0.1, -0.05) is 30.3 Å².